The normalized spacial score (nSPS) is 14.0. The Morgan fingerprint density at radius 1 is 0.826 bits per heavy atom. The standard InChI is InChI=1S/C17H36O.H2O4S/c1-4-5-6-7-8-9-10-11-12-13-16(2)14-17(3)15-18;1-5(2,3)4/h16-18H,4-15H2,1-3H3;(H2,1,2,3,4)/p-2. The van der Waals surface area contributed by atoms with Gasteiger partial charge in [0, 0.05) is 17.0 Å². The third kappa shape index (κ3) is 30.3. The molecule has 0 aliphatic carbocycles. The molecule has 6 heteroatoms. The lowest BCUT2D eigenvalue weighted by molar-refractivity contribution is 0.212. The molecule has 0 fully saturated rings. The molecule has 0 radical (unpaired) electrons. The second kappa shape index (κ2) is 16.7. The van der Waals surface area contributed by atoms with E-state index in [2.05, 4.69) is 20.8 Å². The lowest BCUT2D eigenvalue weighted by atomic mass is 9.93. The molecule has 0 amide bonds. The maximum Gasteiger partial charge on any atom is 0.0456 e. The Morgan fingerprint density at radius 3 is 1.61 bits per heavy atom. The number of rotatable bonds is 13. The maximum atomic E-state index is 9.01. The van der Waals surface area contributed by atoms with E-state index in [9.17, 15) is 0 Å². The fraction of sp³-hybridized carbons (Fsp3) is 1.00. The molecule has 2 unspecified atom stereocenters. The zero-order chi connectivity index (χ0) is 18.1. The highest BCUT2D eigenvalue weighted by Crippen LogP contribution is 2.18. The molecule has 0 aliphatic heterocycles. The molecular weight excluding hydrogens is 316 g/mol. The summed E-state index contributed by atoms with van der Waals surface area (Å²) in [7, 11) is -5.17. The minimum Gasteiger partial charge on any atom is -0.759 e. The van der Waals surface area contributed by atoms with Crippen LogP contribution in [0.25, 0.3) is 0 Å². The Morgan fingerprint density at radius 2 is 1.22 bits per heavy atom. The second-order valence-electron chi connectivity index (χ2n) is 6.65. The van der Waals surface area contributed by atoms with Crippen LogP contribution >= 0.6 is 0 Å². The molecule has 0 saturated carbocycles. The highest BCUT2D eigenvalue weighted by molar-refractivity contribution is 7.79. The summed E-state index contributed by atoms with van der Waals surface area (Å²) in [5, 5.41) is 9.01. The fourth-order valence-corrected chi connectivity index (χ4v) is 2.68. The van der Waals surface area contributed by atoms with Crippen LogP contribution in [0.5, 0.6) is 0 Å². The van der Waals surface area contributed by atoms with E-state index in [0.29, 0.717) is 12.5 Å². The van der Waals surface area contributed by atoms with Gasteiger partial charge in [-0.3, -0.25) is 8.42 Å². The van der Waals surface area contributed by atoms with E-state index < -0.39 is 10.4 Å². The first-order valence-electron chi connectivity index (χ1n) is 8.98. The molecule has 0 aromatic heterocycles. The van der Waals surface area contributed by atoms with Crippen LogP contribution in [-0.2, 0) is 10.4 Å². The van der Waals surface area contributed by atoms with Crippen LogP contribution < -0.4 is 0 Å². The van der Waals surface area contributed by atoms with Gasteiger partial charge in [0.15, 0.2) is 0 Å². The van der Waals surface area contributed by atoms with Crippen molar-refractivity contribution in [2.75, 3.05) is 6.61 Å². The highest BCUT2D eigenvalue weighted by Gasteiger charge is 2.07. The molecule has 5 nitrogen and oxygen atoms in total. The van der Waals surface area contributed by atoms with Crippen LogP contribution in [0, 0.1) is 11.8 Å². The average Bonchev–Trinajstić information content (AvgIpc) is 2.43. The van der Waals surface area contributed by atoms with Crippen molar-refractivity contribution in [1.29, 1.82) is 0 Å². The Balaban J connectivity index is 0. The first kappa shape index (κ1) is 25.1. The third-order valence-corrected chi connectivity index (χ3v) is 3.92. The number of unbranched alkanes of at least 4 members (excludes halogenated alkanes) is 8. The van der Waals surface area contributed by atoms with E-state index in [-0.39, 0.29) is 0 Å². The van der Waals surface area contributed by atoms with E-state index in [4.69, 9.17) is 22.6 Å². The molecule has 2 atom stereocenters. The van der Waals surface area contributed by atoms with Crippen molar-refractivity contribution in [3.05, 3.63) is 0 Å². The van der Waals surface area contributed by atoms with Crippen molar-refractivity contribution in [3.63, 3.8) is 0 Å². The molecule has 0 rings (SSSR count). The Bertz CT molecular complexity index is 322. The first-order valence-corrected chi connectivity index (χ1v) is 10.3. The monoisotopic (exact) mass is 352 g/mol. The molecule has 0 bridgehead atoms. The van der Waals surface area contributed by atoms with E-state index in [0.717, 1.165) is 5.92 Å². The van der Waals surface area contributed by atoms with Gasteiger partial charge in [0.25, 0.3) is 0 Å². The third-order valence-electron chi connectivity index (χ3n) is 3.92. The molecular formula is C17H36O5S-2. The lowest BCUT2D eigenvalue weighted by Crippen LogP contribution is -2.06. The van der Waals surface area contributed by atoms with Crippen molar-refractivity contribution in [2.24, 2.45) is 11.8 Å². The van der Waals surface area contributed by atoms with Crippen LogP contribution in [-0.4, -0.2) is 29.2 Å². The maximum absolute atomic E-state index is 9.01. The van der Waals surface area contributed by atoms with Gasteiger partial charge in [0.2, 0.25) is 0 Å². The zero-order valence-electron chi connectivity index (χ0n) is 15.1. The van der Waals surface area contributed by atoms with Gasteiger partial charge in [-0.15, -0.1) is 0 Å². The second-order valence-corrected chi connectivity index (χ2v) is 7.47. The SMILES string of the molecule is CCCCCCCCCCCC(C)CC(C)CO.O=S(=O)([O-])[O-]. The molecule has 142 valence electrons. The smallest absolute Gasteiger partial charge is 0.0456 e. The number of aliphatic hydroxyl groups is 1. The van der Waals surface area contributed by atoms with Crippen molar-refractivity contribution in [2.45, 2.75) is 91.4 Å². The van der Waals surface area contributed by atoms with Gasteiger partial charge in [0.1, 0.15) is 0 Å². The minimum atomic E-state index is -5.17. The van der Waals surface area contributed by atoms with Gasteiger partial charge in [0.05, 0.1) is 0 Å². The summed E-state index contributed by atoms with van der Waals surface area (Å²) < 4.78 is 34.1. The summed E-state index contributed by atoms with van der Waals surface area (Å²) in [6, 6.07) is 0. The molecule has 0 saturated heterocycles. The summed E-state index contributed by atoms with van der Waals surface area (Å²) in [4.78, 5) is 0. The van der Waals surface area contributed by atoms with Crippen LogP contribution in [0.3, 0.4) is 0 Å². The predicted octanol–water partition coefficient (Wildman–Crippen LogP) is 4.22. The number of hydrogen-bond donors (Lipinski definition) is 1. The van der Waals surface area contributed by atoms with Crippen molar-refractivity contribution in [1.82, 2.24) is 0 Å². The summed E-state index contributed by atoms with van der Waals surface area (Å²) in [6.45, 7) is 7.10. The van der Waals surface area contributed by atoms with E-state index in [1.165, 1.54) is 70.6 Å². The quantitative estimate of drug-likeness (QED) is 0.304. The van der Waals surface area contributed by atoms with Crippen LogP contribution in [0.2, 0.25) is 0 Å². The van der Waals surface area contributed by atoms with Crippen molar-refractivity contribution >= 4 is 10.4 Å². The molecule has 0 aromatic carbocycles. The predicted molar refractivity (Wildman–Crippen MR) is 92.3 cm³/mol. The summed E-state index contributed by atoms with van der Waals surface area (Å²) in [5.41, 5.74) is 0. The minimum absolute atomic E-state index is 0.349. The van der Waals surface area contributed by atoms with E-state index in [1.54, 1.807) is 0 Å². The van der Waals surface area contributed by atoms with Gasteiger partial charge >= 0.3 is 0 Å². The molecule has 0 aliphatic rings. The fourth-order valence-electron chi connectivity index (χ4n) is 2.68. The summed E-state index contributed by atoms with van der Waals surface area (Å²) >= 11 is 0. The summed E-state index contributed by atoms with van der Waals surface area (Å²) in [5.74, 6) is 1.27. The zero-order valence-corrected chi connectivity index (χ0v) is 15.9. The van der Waals surface area contributed by atoms with Gasteiger partial charge in [-0.1, -0.05) is 85.0 Å². The Hall–Kier alpha value is -0.170. The van der Waals surface area contributed by atoms with E-state index in [1.807, 2.05) is 0 Å². The number of hydrogen-bond acceptors (Lipinski definition) is 5. The lowest BCUT2D eigenvalue weighted by Gasteiger charge is -2.15. The van der Waals surface area contributed by atoms with Crippen molar-refractivity contribution in [3.8, 4) is 0 Å². The van der Waals surface area contributed by atoms with E-state index >= 15 is 0 Å². The average molecular weight is 353 g/mol. The molecule has 23 heavy (non-hydrogen) atoms. The molecule has 0 spiro atoms. The van der Waals surface area contributed by atoms with Gasteiger partial charge in [-0.05, 0) is 18.3 Å². The van der Waals surface area contributed by atoms with Gasteiger partial charge in [-0.25, -0.2) is 0 Å². The van der Waals surface area contributed by atoms with Gasteiger partial charge < -0.3 is 14.2 Å². The largest absolute Gasteiger partial charge is 0.759 e. The Kier molecular flexibility index (Phi) is 18.2. The summed E-state index contributed by atoms with van der Waals surface area (Å²) in [6.07, 6.45) is 15.3. The Labute approximate surface area is 143 Å². The van der Waals surface area contributed by atoms with Crippen LogP contribution in [0.15, 0.2) is 0 Å². The molecule has 1 N–H and O–H groups in total. The number of aliphatic hydroxyl groups excluding tert-OH is 1. The highest BCUT2D eigenvalue weighted by atomic mass is 32.3. The van der Waals surface area contributed by atoms with Crippen molar-refractivity contribution < 1.29 is 22.6 Å². The van der Waals surface area contributed by atoms with Crippen LogP contribution in [0.4, 0.5) is 0 Å². The van der Waals surface area contributed by atoms with Gasteiger partial charge in [-0.2, -0.15) is 0 Å². The molecule has 0 heterocycles. The topological polar surface area (TPSA) is 100 Å². The first-order chi connectivity index (χ1) is 10.7. The molecule has 0 aromatic rings. The van der Waals surface area contributed by atoms with Crippen LogP contribution in [0.1, 0.15) is 91.4 Å².